The van der Waals surface area contributed by atoms with Gasteiger partial charge >= 0.3 is 11.9 Å². The minimum absolute atomic E-state index is 0.154. The average molecular weight is 387 g/mol. The van der Waals surface area contributed by atoms with Crippen LogP contribution in [0.15, 0.2) is 48.5 Å². The lowest BCUT2D eigenvalue weighted by Gasteiger charge is -2.12. The molecule has 142 valence electrons. The van der Waals surface area contributed by atoms with E-state index in [0.29, 0.717) is 5.69 Å². The normalized spacial score (nSPS) is 11.4. The number of esters is 2. The maximum absolute atomic E-state index is 12.3. The molecule has 1 N–H and O–H groups in total. The first kappa shape index (κ1) is 20.5. The monoisotopic (exact) mass is 387 g/mol. The van der Waals surface area contributed by atoms with Gasteiger partial charge in [0.15, 0.2) is 0 Å². The van der Waals surface area contributed by atoms with Gasteiger partial charge in [0, 0.05) is 10.9 Å². The molecule has 0 aliphatic carbocycles. The van der Waals surface area contributed by atoms with Crippen molar-refractivity contribution in [2.24, 2.45) is 0 Å². The largest absolute Gasteiger partial charge is 0.465 e. The van der Waals surface area contributed by atoms with Crippen molar-refractivity contribution in [3.05, 3.63) is 65.2 Å². The zero-order valence-corrected chi connectivity index (χ0v) is 16.2. The quantitative estimate of drug-likeness (QED) is 0.730. The Morgan fingerprint density at radius 1 is 0.963 bits per heavy atom. The molecule has 0 radical (unpaired) electrons. The highest BCUT2D eigenvalue weighted by atomic mass is 32.2. The summed E-state index contributed by atoms with van der Waals surface area (Å²) in [6.45, 7) is 2.03. The van der Waals surface area contributed by atoms with E-state index in [9.17, 15) is 14.4 Å². The van der Waals surface area contributed by atoms with E-state index >= 15 is 0 Å². The second-order valence-corrected chi connectivity index (χ2v) is 7.02. The molecular weight excluding hydrogens is 366 g/mol. The molecule has 0 fully saturated rings. The van der Waals surface area contributed by atoms with Gasteiger partial charge in [0.2, 0.25) is 5.91 Å². The number of carbonyl (C=O) groups is 3. The van der Waals surface area contributed by atoms with Crippen LogP contribution in [0.4, 0.5) is 5.69 Å². The summed E-state index contributed by atoms with van der Waals surface area (Å²) < 4.78 is 9.37. The van der Waals surface area contributed by atoms with Gasteiger partial charge in [-0.2, -0.15) is 0 Å². The molecule has 1 atom stereocenters. The molecule has 0 aliphatic rings. The number of thioether (sulfide) groups is 1. The molecule has 1 amide bonds. The Bertz CT molecular complexity index is 788. The van der Waals surface area contributed by atoms with E-state index in [1.54, 1.807) is 0 Å². The summed E-state index contributed by atoms with van der Waals surface area (Å²) in [6, 6.07) is 14.2. The highest BCUT2D eigenvalue weighted by Crippen LogP contribution is 2.28. The Labute approximate surface area is 162 Å². The maximum Gasteiger partial charge on any atom is 0.337 e. The highest BCUT2D eigenvalue weighted by Gasteiger charge is 2.15. The third kappa shape index (κ3) is 5.86. The molecule has 0 aromatic heterocycles. The Morgan fingerprint density at radius 3 is 2.04 bits per heavy atom. The van der Waals surface area contributed by atoms with E-state index < -0.39 is 11.9 Å². The number of benzene rings is 2. The molecule has 2 aromatic carbocycles. The summed E-state index contributed by atoms with van der Waals surface area (Å²) in [5.41, 5.74) is 1.77. The zero-order valence-electron chi connectivity index (χ0n) is 15.4. The summed E-state index contributed by atoms with van der Waals surface area (Å²) in [6.07, 6.45) is 0. The number of carbonyl (C=O) groups excluding carboxylic acids is 3. The van der Waals surface area contributed by atoms with Crippen molar-refractivity contribution in [1.82, 2.24) is 0 Å². The van der Waals surface area contributed by atoms with Crippen molar-refractivity contribution < 1.29 is 23.9 Å². The van der Waals surface area contributed by atoms with Crippen LogP contribution in [0.1, 0.15) is 38.5 Å². The van der Waals surface area contributed by atoms with Crippen molar-refractivity contribution in [1.29, 1.82) is 0 Å². The van der Waals surface area contributed by atoms with Crippen LogP contribution in [0.25, 0.3) is 0 Å². The Hall–Kier alpha value is -2.80. The fraction of sp³-hybridized carbons (Fsp3) is 0.250. The van der Waals surface area contributed by atoms with Crippen LogP contribution < -0.4 is 5.32 Å². The van der Waals surface area contributed by atoms with E-state index in [4.69, 9.17) is 0 Å². The molecule has 6 nitrogen and oxygen atoms in total. The molecule has 27 heavy (non-hydrogen) atoms. The standard InChI is InChI=1S/C20H21NO5S/c1-13(14-7-5-4-6-8-14)27-12-18(22)21-17-10-15(19(23)25-2)9-16(11-17)20(24)26-3/h4-11,13H,12H2,1-3H3,(H,21,22)/t13-/m0/s1. The number of nitrogens with one attached hydrogen (secondary N) is 1. The number of hydrogen-bond donors (Lipinski definition) is 1. The van der Waals surface area contributed by atoms with E-state index in [2.05, 4.69) is 14.8 Å². The van der Waals surface area contributed by atoms with Crippen molar-refractivity contribution in [3.8, 4) is 0 Å². The van der Waals surface area contributed by atoms with Crippen molar-refractivity contribution in [2.45, 2.75) is 12.2 Å². The SMILES string of the molecule is COC(=O)c1cc(NC(=O)CS[C@@H](C)c2ccccc2)cc(C(=O)OC)c1. The number of ether oxygens (including phenoxy) is 2. The first-order valence-corrected chi connectivity index (χ1v) is 9.27. The van der Waals surface area contributed by atoms with Crippen LogP contribution in [0.3, 0.4) is 0 Å². The lowest BCUT2D eigenvalue weighted by atomic mass is 10.1. The summed E-state index contributed by atoms with van der Waals surface area (Å²) in [5, 5.41) is 2.87. The number of methoxy groups -OCH3 is 2. The van der Waals surface area contributed by atoms with Crippen LogP contribution in [0.2, 0.25) is 0 Å². The van der Waals surface area contributed by atoms with E-state index in [-0.39, 0.29) is 28.0 Å². The highest BCUT2D eigenvalue weighted by molar-refractivity contribution is 8.00. The zero-order chi connectivity index (χ0) is 19.8. The van der Waals surface area contributed by atoms with Gasteiger partial charge in [-0.25, -0.2) is 9.59 Å². The van der Waals surface area contributed by atoms with E-state index in [1.165, 1.54) is 44.2 Å². The molecule has 0 saturated carbocycles. The summed E-state index contributed by atoms with van der Waals surface area (Å²) in [4.78, 5) is 35.9. The van der Waals surface area contributed by atoms with E-state index in [1.807, 2.05) is 37.3 Å². The van der Waals surface area contributed by atoms with Gasteiger partial charge in [-0.15, -0.1) is 11.8 Å². The Morgan fingerprint density at radius 2 is 1.52 bits per heavy atom. The van der Waals surface area contributed by atoms with Gasteiger partial charge in [0.25, 0.3) is 0 Å². The average Bonchev–Trinajstić information content (AvgIpc) is 2.71. The summed E-state index contributed by atoms with van der Waals surface area (Å²) in [5.74, 6) is -1.22. The van der Waals surface area contributed by atoms with Crippen LogP contribution in [0.5, 0.6) is 0 Å². The second kappa shape index (κ2) is 9.78. The third-order valence-electron chi connectivity index (χ3n) is 3.79. The fourth-order valence-electron chi connectivity index (χ4n) is 2.39. The molecule has 2 rings (SSSR count). The first-order chi connectivity index (χ1) is 12.9. The molecule has 0 heterocycles. The lowest BCUT2D eigenvalue weighted by molar-refractivity contribution is -0.113. The van der Waals surface area contributed by atoms with Crippen LogP contribution in [0, 0.1) is 0 Å². The van der Waals surface area contributed by atoms with Crippen LogP contribution in [-0.2, 0) is 14.3 Å². The molecule has 0 aliphatic heterocycles. The van der Waals surface area contributed by atoms with Gasteiger partial charge in [-0.1, -0.05) is 30.3 Å². The maximum atomic E-state index is 12.3. The minimum atomic E-state index is -0.608. The molecular formula is C20H21NO5S. The topological polar surface area (TPSA) is 81.7 Å². The molecule has 0 bridgehead atoms. The summed E-state index contributed by atoms with van der Waals surface area (Å²) >= 11 is 1.49. The van der Waals surface area contributed by atoms with Gasteiger partial charge in [0.1, 0.15) is 0 Å². The van der Waals surface area contributed by atoms with Crippen molar-refractivity contribution >= 4 is 35.3 Å². The minimum Gasteiger partial charge on any atom is -0.465 e. The molecule has 0 saturated heterocycles. The van der Waals surface area contributed by atoms with Gasteiger partial charge in [-0.3, -0.25) is 4.79 Å². The number of amides is 1. The van der Waals surface area contributed by atoms with Crippen LogP contribution in [-0.4, -0.2) is 37.8 Å². The Kier molecular flexibility index (Phi) is 7.43. The van der Waals surface area contributed by atoms with Gasteiger partial charge in [0.05, 0.1) is 31.1 Å². The molecule has 0 unspecified atom stereocenters. The molecule has 0 spiro atoms. The summed E-state index contributed by atoms with van der Waals surface area (Å²) in [7, 11) is 2.49. The van der Waals surface area contributed by atoms with Crippen LogP contribution >= 0.6 is 11.8 Å². The van der Waals surface area contributed by atoms with E-state index in [0.717, 1.165) is 5.56 Å². The number of rotatable bonds is 7. The Balaban J connectivity index is 2.07. The third-order valence-corrected chi connectivity index (χ3v) is 4.99. The predicted octanol–water partition coefficient (Wildman–Crippen LogP) is 3.69. The van der Waals surface area contributed by atoms with Gasteiger partial charge in [-0.05, 0) is 30.7 Å². The lowest BCUT2D eigenvalue weighted by Crippen LogP contribution is -2.16. The van der Waals surface area contributed by atoms with Crippen molar-refractivity contribution in [2.75, 3.05) is 25.3 Å². The fourth-order valence-corrected chi connectivity index (χ4v) is 3.21. The first-order valence-electron chi connectivity index (χ1n) is 8.22. The smallest absolute Gasteiger partial charge is 0.337 e. The number of hydrogen-bond acceptors (Lipinski definition) is 6. The van der Waals surface area contributed by atoms with Gasteiger partial charge < -0.3 is 14.8 Å². The second-order valence-electron chi connectivity index (χ2n) is 5.69. The predicted molar refractivity (Wildman–Crippen MR) is 105 cm³/mol. The molecule has 2 aromatic rings. The van der Waals surface area contributed by atoms with Crippen molar-refractivity contribution in [3.63, 3.8) is 0 Å². The molecule has 7 heteroatoms. The number of anilines is 1.